The zero-order valence-electron chi connectivity index (χ0n) is 12.1. The summed E-state index contributed by atoms with van der Waals surface area (Å²) in [5.74, 6) is 2.08. The molecule has 0 saturated carbocycles. The largest absolute Gasteiger partial charge is 0.493 e. The van der Waals surface area contributed by atoms with E-state index in [-0.39, 0.29) is 11.9 Å². The third-order valence-corrected chi connectivity index (χ3v) is 3.45. The number of hydrogen-bond acceptors (Lipinski definition) is 6. The zero-order valence-corrected chi connectivity index (χ0v) is 12.8. The highest BCUT2D eigenvalue weighted by molar-refractivity contribution is 6.35. The summed E-state index contributed by atoms with van der Waals surface area (Å²) in [7, 11) is 3.20. The Kier molecular flexibility index (Phi) is 4.70. The molecule has 0 amide bonds. The molecule has 1 aromatic heterocycles. The molecular weight excluding hydrogens is 292 g/mol. The zero-order chi connectivity index (χ0) is 15.4. The van der Waals surface area contributed by atoms with E-state index in [4.69, 9.17) is 26.8 Å². The molecule has 0 aliphatic heterocycles. The van der Waals surface area contributed by atoms with Crippen molar-refractivity contribution < 1.29 is 9.47 Å². The first-order chi connectivity index (χ1) is 10.1. The van der Waals surface area contributed by atoms with Crippen molar-refractivity contribution in [2.45, 2.75) is 13.0 Å². The van der Waals surface area contributed by atoms with Gasteiger partial charge >= 0.3 is 0 Å². The van der Waals surface area contributed by atoms with Crippen LogP contribution in [0, 0.1) is 0 Å². The topological polar surface area (TPSA) is 82.3 Å². The Bertz CT molecular complexity index is 636. The second kappa shape index (κ2) is 6.49. The lowest BCUT2D eigenvalue weighted by Gasteiger charge is -2.17. The minimum atomic E-state index is -0.0448. The van der Waals surface area contributed by atoms with Crippen molar-refractivity contribution in [2.75, 3.05) is 25.3 Å². The number of ether oxygens (including phenoxy) is 2. The summed E-state index contributed by atoms with van der Waals surface area (Å²) in [4.78, 5) is 7.92. The molecule has 1 atom stereocenters. The molecule has 0 bridgehead atoms. The van der Waals surface area contributed by atoms with Crippen LogP contribution in [0.25, 0.3) is 0 Å². The third-order valence-electron chi connectivity index (χ3n) is 3.08. The van der Waals surface area contributed by atoms with Crippen molar-refractivity contribution in [1.29, 1.82) is 0 Å². The number of aromatic nitrogens is 2. The Morgan fingerprint density at radius 3 is 2.57 bits per heavy atom. The Balaban J connectivity index is 2.24. The average Bonchev–Trinajstić information content (AvgIpc) is 2.51. The Morgan fingerprint density at radius 1 is 1.19 bits per heavy atom. The molecule has 0 spiro atoms. The molecule has 0 saturated heterocycles. The summed E-state index contributed by atoms with van der Waals surface area (Å²) in [5.41, 5.74) is 6.66. The van der Waals surface area contributed by atoms with Crippen molar-refractivity contribution in [1.82, 2.24) is 9.97 Å². The van der Waals surface area contributed by atoms with Crippen LogP contribution in [0.15, 0.2) is 24.5 Å². The normalized spacial score (nSPS) is 11.8. The van der Waals surface area contributed by atoms with Gasteiger partial charge in [-0.2, -0.15) is 0 Å². The highest BCUT2D eigenvalue weighted by Gasteiger charge is 2.13. The second-order valence-electron chi connectivity index (χ2n) is 4.40. The number of nitrogens with two attached hydrogens (primary N) is 1. The van der Waals surface area contributed by atoms with E-state index in [1.165, 1.54) is 6.33 Å². The number of nitrogens with one attached hydrogen (secondary N) is 1. The molecule has 21 heavy (non-hydrogen) atoms. The molecule has 0 radical (unpaired) electrons. The number of halogens is 1. The van der Waals surface area contributed by atoms with Crippen LogP contribution in [0.4, 0.5) is 11.6 Å². The van der Waals surface area contributed by atoms with Crippen molar-refractivity contribution in [3.05, 3.63) is 35.1 Å². The summed E-state index contributed by atoms with van der Waals surface area (Å²) < 4.78 is 10.5. The number of anilines is 2. The lowest BCUT2D eigenvalue weighted by molar-refractivity contribution is 0.354. The van der Waals surface area contributed by atoms with Crippen molar-refractivity contribution >= 4 is 23.2 Å². The molecule has 3 N–H and O–H groups in total. The smallest absolute Gasteiger partial charge is 0.161 e. The Hall–Kier alpha value is -2.21. The first kappa shape index (κ1) is 15.2. The minimum absolute atomic E-state index is 0.0448. The predicted octanol–water partition coefficient (Wildman–Crippen LogP) is 2.90. The van der Waals surface area contributed by atoms with Gasteiger partial charge in [0.05, 0.1) is 20.3 Å². The molecule has 1 unspecified atom stereocenters. The average molecular weight is 309 g/mol. The molecular formula is C14H17ClN4O2. The van der Waals surface area contributed by atoms with Gasteiger partial charge in [0.2, 0.25) is 0 Å². The summed E-state index contributed by atoms with van der Waals surface area (Å²) in [6.07, 6.45) is 1.37. The maximum absolute atomic E-state index is 6.07. The van der Waals surface area contributed by atoms with Crippen molar-refractivity contribution in [3.63, 3.8) is 0 Å². The lowest BCUT2D eigenvalue weighted by atomic mass is 10.1. The van der Waals surface area contributed by atoms with Gasteiger partial charge in [-0.05, 0) is 24.6 Å². The Labute approximate surface area is 128 Å². The van der Waals surface area contributed by atoms with Crippen LogP contribution in [-0.4, -0.2) is 24.2 Å². The minimum Gasteiger partial charge on any atom is -0.493 e. The van der Waals surface area contributed by atoms with Crippen LogP contribution in [0.3, 0.4) is 0 Å². The second-order valence-corrected chi connectivity index (χ2v) is 4.78. The van der Waals surface area contributed by atoms with E-state index in [0.717, 1.165) is 5.56 Å². The van der Waals surface area contributed by atoms with E-state index in [2.05, 4.69) is 15.3 Å². The maximum Gasteiger partial charge on any atom is 0.161 e. The fourth-order valence-corrected chi connectivity index (χ4v) is 2.05. The van der Waals surface area contributed by atoms with E-state index < -0.39 is 0 Å². The van der Waals surface area contributed by atoms with Gasteiger partial charge in [-0.1, -0.05) is 17.7 Å². The molecule has 2 rings (SSSR count). The monoisotopic (exact) mass is 308 g/mol. The van der Waals surface area contributed by atoms with Crippen LogP contribution in [0.5, 0.6) is 11.5 Å². The van der Waals surface area contributed by atoms with Crippen molar-refractivity contribution in [2.24, 2.45) is 0 Å². The first-order valence-electron chi connectivity index (χ1n) is 6.31. The maximum atomic E-state index is 6.07. The van der Waals surface area contributed by atoms with Crippen LogP contribution in [-0.2, 0) is 0 Å². The highest BCUT2D eigenvalue weighted by atomic mass is 35.5. The third kappa shape index (κ3) is 3.28. The number of benzene rings is 1. The lowest BCUT2D eigenvalue weighted by Crippen LogP contribution is -2.10. The van der Waals surface area contributed by atoms with Crippen LogP contribution in [0.2, 0.25) is 5.02 Å². The van der Waals surface area contributed by atoms with Crippen LogP contribution >= 0.6 is 11.6 Å². The van der Waals surface area contributed by atoms with E-state index in [1.54, 1.807) is 14.2 Å². The number of hydrogen-bond donors (Lipinski definition) is 2. The summed E-state index contributed by atoms with van der Waals surface area (Å²) in [6, 6.07) is 5.64. The quantitative estimate of drug-likeness (QED) is 0.883. The standard InChI is InChI=1S/C14H17ClN4O2/c1-8(19-14-12(15)13(16)17-7-18-14)9-4-5-10(20-2)11(6-9)21-3/h4-8H,1-3H3,(H3,16,17,18,19). The van der Waals surface area contributed by atoms with Gasteiger partial charge in [0.25, 0.3) is 0 Å². The fraction of sp³-hybridized carbons (Fsp3) is 0.286. The van der Waals surface area contributed by atoms with E-state index >= 15 is 0 Å². The summed E-state index contributed by atoms with van der Waals surface area (Å²) in [5, 5.41) is 3.51. The number of rotatable bonds is 5. The fourth-order valence-electron chi connectivity index (χ4n) is 1.89. The molecule has 2 aromatic rings. The van der Waals surface area contributed by atoms with Crippen LogP contribution in [0.1, 0.15) is 18.5 Å². The Morgan fingerprint density at radius 2 is 1.90 bits per heavy atom. The highest BCUT2D eigenvalue weighted by Crippen LogP contribution is 2.32. The van der Waals surface area contributed by atoms with Crippen LogP contribution < -0.4 is 20.5 Å². The van der Waals surface area contributed by atoms with Gasteiger partial charge in [-0.3, -0.25) is 0 Å². The molecule has 1 aromatic carbocycles. The summed E-state index contributed by atoms with van der Waals surface area (Å²) >= 11 is 6.07. The van der Waals surface area contributed by atoms with E-state index in [9.17, 15) is 0 Å². The molecule has 6 nitrogen and oxygen atoms in total. The number of methoxy groups -OCH3 is 2. The van der Waals surface area contributed by atoms with E-state index in [0.29, 0.717) is 22.3 Å². The van der Waals surface area contributed by atoms with Gasteiger partial charge in [0.15, 0.2) is 17.3 Å². The predicted molar refractivity (Wildman–Crippen MR) is 83.0 cm³/mol. The van der Waals surface area contributed by atoms with Gasteiger partial charge in [-0.15, -0.1) is 0 Å². The number of nitrogens with zero attached hydrogens (tertiary/aromatic N) is 2. The van der Waals surface area contributed by atoms with E-state index in [1.807, 2.05) is 25.1 Å². The number of nitrogen functional groups attached to an aromatic ring is 1. The van der Waals surface area contributed by atoms with Gasteiger partial charge < -0.3 is 20.5 Å². The molecule has 0 fully saturated rings. The van der Waals surface area contributed by atoms with Gasteiger partial charge in [0.1, 0.15) is 17.2 Å². The molecule has 1 heterocycles. The van der Waals surface area contributed by atoms with Crippen molar-refractivity contribution in [3.8, 4) is 11.5 Å². The molecule has 0 aliphatic carbocycles. The first-order valence-corrected chi connectivity index (χ1v) is 6.69. The molecule has 0 aliphatic rings. The molecule has 7 heteroatoms. The van der Waals surface area contributed by atoms with Gasteiger partial charge in [0, 0.05) is 0 Å². The summed E-state index contributed by atoms with van der Waals surface area (Å²) in [6.45, 7) is 1.98. The van der Waals surface area contributed by atoms with Gasteiger partial charge in [-0.25, -0.2) is 9.97 Å². The molecule has 112 valence electrons. The SMILES string of the molecule is COc1ccc(C(C)Nc2ncnc(N)c2Cl)cc1OC.